The number of rotatable bonds is 21. The van der Waals surface area contributed by atoms with E-state index in [1.807, 2.05) is 18.2 Å². The molecule has 3 amide bonds. The second-order valence-electron chi connectivity index (χ2n) is 11.2. The van der Waals surface area contributed by atoms with Gasteiger partial charge >= 0.3 is 11.9 Å². The van der Waals surface area contributed by atoms with Crippen molar-refractivity contribution in [3.05, 3.63) is 95.9 Å². The zero-order valence-electron chi connectivity index (χ0n) is 28.2. The topological polar surface area (TPSA) is 169 Å². The van der Waals surface area contributed by atoms with Crippen LogP contribution in [0.25, 0.3) is 0 Å². The minimum Gasteiger partial charge on any atom is -0.467 e. The minimum absolute atomic E-state index is 0.0921. The lowest BCUT2D eigenvalue weighted by atomic mass is 10.1. The zero-order valence-corrected chi connectivity index (χ0v) is 30.0. The van der Waals surface area contributed by atoms with Crippen LogP contribution in [-0.4, -0.2) is 73.9 Å². The summed E-state index contributed by atoms with van der Waals surface area (Å²) in [5.74, 6) is -3.22. The summed E-state index contributed by atoms with van der Waals surface area (Å²) in [6, 6.07) is 29.1. The summed E-state index contributed by atoms with van der Waals surface area (Å²) in [6.07, 6.45) is 1.99. The number of ether oxygens (including phenoxy) is 2. The van der Waals surface area contributed by atoms with Crippen LogP contribution in [0, 0.1) is 4.91 Å². The van der Waals surface area contributed by atoms with E-state index in [0.717, 1.165) is 12.6 Å². The van der Waals surface area contributed by atoms with Crippen molar-refractivity contribution in [2.24, 2.45) is 4.58 Å². The Labute approximate surface area is 297 Å². The molecule has 0 aliphatic rings. The number of amides is 3. The highest BCUT2D eigenvalue weighted by molar-refractivity contribution is 7.98. The number of methoxy groups -OCH3 is 1. The van der Waals surface area contributed by atoms with Crippen molar-refractivity contribution in [3.8, 4) is 0 Å². The molecule has 0 spiro atoms. The molecular weight excluding hydrogens is 679 g/mol. The number of carbonyl (C=O) groups is 5. The fraction of sp³-hybridized carbons (Fsp3) is 0.361. The zero-order chi connectivity index (χ0) is 36.2. The fourth-order valence-corrected chi connectivity index (χ4v) is 10.4. The summed E-state index contributed by atoms with van der Waals surface area (Å²) >= 11 is 0.528. The normalized spacial score (nSPS) is 12.1. The second-order valence-corrected chi connectivity index (χ2v) is 15.5. The van der Waals surface area contributed by atoms with Gasteiger partial charge in [-0.05, 0) is 62.6 Å². The van der Waals surface area contributed by atoms with Gasteiger partial charge in [-0.1, -0.05) is 54.6 Å². The third-order valence-corrected chi connectivity index (χ3v) is 13.0. The van der Waals surface area contributed by atoms with Gasteiger partial charge in [-0.25, -0.2) is 4.79 Å². The molecule has 3 aromatic carbocycles. The number of nitrogens with zero attached hydrogens (tertiary/aromatic N) is 1. The van der Waals surface area contributed by atoms with Crippen LogP contribution in [-0.2, 0) is 33.4 Å². The molecule has 0 aliphatic carbocycles. The maximum Gasteiger partial charge on any atom is 0.328 e. The number of esters is 2. The van der Waals surface area contributed by atoms with E-state index in [0.29, 0.717) is 18.4 Å². The lowest BCUT2D eigenvalue weighted by Crippen LogP contribution is -2.50. The van der Waals surface area contributed by atoms with Crippen LogP contribution < -0.4 is 31.9 Å². The van der Waals surface area contributed by atoms with Gasteiger partial charge in [0, 0.05) is 35.1 Å². The first-order valence-electron chi connectivity index (χ1n) is 16.3. The Morgan fingerprint density at radius 2 is 1.28 bits per heavy atom. The minimum atomic E-state index is -2.05. The van der Waals surface area contributed by atoms with Gasteiger partial charge in [0.2, 0.25) is 17.7 Å². The number of unbranched alkanes of at least 4 members (excludes halogenated alkanes) is 1. The highest BCUT2D eigenvalue weighted by Crippen LogP contribution is 2.55. The standard InChI is InChI=1S/C36H43N4O8PS/c1-3-48-34(43)25-37-35(44)31(26-50-40-46)39-33(42)23-22-30(36(45)47-2)38-32(41)21-13-14-24-49(27-15-7-4-8-16-27,28-17-9-5-10-18-28)29-19-11-6-12-20-29/h4-12,15-20,30-31H,3,13-14,21-26H2,1-2H3,(H2-,37,38,39,41,42,44)/p+1. The van der Waals surface area contributed by atoms with Gasteiger partial charge in [-0.2, -0.15) is 0 Å². The number of hydrogen-bond donors (Lipinski definition) is 3. The number of nitrogens with one attached hydrogen (secondary N) is 3. The summed E-state index contributed by atoms with van der Waals surface area (Å²) in [7, 11) is -0.859. The summed E-state index contributed by atoms with van der Waals surface area (Å²) in [5.41, 5.74) is 0. The van der Waals surface area contributed by atoms with Crippen LogP contribution >= 0.6 is 19.2 Å². The fourth-order valence-electron chi connectivity index (χ4n) is 5.50. The lowest BCUT2D eigenvalue weighted by Gasteiger charge is -2.27. The molecule has 0 heterocycles. The second kappa shape index (κ2) is 21.5. The van der Waals surface area contributed by atoms with Crippen LogP contribution in [0.1, 0.15) is 39.0 Å². The van der Waals surface area contributed by atoms with Crippen LogP contribution in [0.5, 0.6) is 0 Å². The Hall–Kier alpha value is -4.61. The summed E-state index contributed by atoms with van der Waals surface area (Å²) in [4.78, 5) is 73.1. The van der Waals surface area contributed by atoms with Crippen molar-refractivity contribution in [3.63, 3.8) is 0 Å². The van der Waals surface area contributed by atoms with E-state index >= 15 is 0 Å². The number of nitroso groups, excluding NO2 is 1. The van der Waals surface area contributed by atoms with Crippen molar-refractivity contribution in [2.45, 2.75) is 51.1 Å². The predicted molar refractivity (Wildman–Crippen MR) is 197 cm³/mol. The molecule has 14 heteroatoms. The molecule has 0 radical (unpaired) electrons. The Kier molecular flexibility index (Phi) is 17.1. The van der Waals surface area contributed by atoms with Crippen molar-refractivity contribution < 1.29 is 33.4 Å². The molecule has 0 saturated heterocycles. The van der Waals surface area contributed by atoms with Crippen LogP contribution in [0.3, 0.4) is 0 Å². The van der Waals surface area contributed by atoms with Gasteiger partial charge in [0.15, 0.2) is 0 Å². The molecule has 2 atom stereocenters. The molecule has 50 heavy (non-hydrogen) atoms. The molecule has 0 bridgehead atoms. The van der Waals surface area contributed by atoms with Crippen molar-refractivity contribution >= 4 is 64.8 Å². The largest absolute Gasteiger partial charge is 0.467 e. The molecule has 266 valence electrons. The van der Waals surface area contributed by atoms with E-state index in [4.69, 9.17) is 9.47 Å². The van der Waals surface area contributed by atoms with Gasteiger partial charge in [0.05, 0.1) is 19.9 Å². The van der Waals surface area contributed by atoms with Crippen LogP contribution in [0.15, 0.2) is 95.6 Å². The van der Waals surface area contributed by atoms with Crippen LogP contribution in [0.2, 0.25) is 0 Å². The maximum atomic E-state index is 13.1. The first-order chi connectivity index (χ1) is 24.2. The van der Waals surface area contributed by atoms with E-state index < -0.39 is 49.6 Å². The van der Waals surface area contributed by atoms with E-state index in [1.54, 1.807) is 6.92 Å². The molecule has 0 fully saturated rings. The Balaban J connectivity index is 1.61. The Bertz CT molecular complexity index is 1450. The van der Waals surface area contributed by atoms with Gasteiger partial charge in [0.25, 0.3) is 0 Å². The maximum absolute atomic E-state index is 13.1. The molecule has 3 aromatic rings. The predicted octanol–water partition coefficient (Wildman–Crippen LogP) is 3.17. The monoisotopic (exact) mass is 723 g/mol. The smallest absolute Gasteiger partial charge is 0.328 e. The molecular formula is C36H44N4O8PS+. The first-order valence-corrected chi connectivity index (χ1v) is 19.3. The average molecular weight is 724 g/mol. The van der Waals surface area contributed by atoms with Crippen LogP contribution in [0.4, 0.5) is 0 Å². The number of hydrogen-bond acceptors (Lipinski definition) is 10. The van der Waals surface area contributed by atoms with Crippen molar-refractivity contribution in [1.29, 1.82) is 0 Å². The molecule has 0 aromatic heterocycles. The number of carbonyl (C=O) groups excluding carboxylic acids is 5. The van der Waals surface area contributed by atoms with E-state index in [-0.39, 0.29) is 37.5 Å². The quantitative estimate of drug-likeness (QED) is 0.0492. The van der Waals surface area contributed by atoms with Crippen molar-refractivity contribution in [2.75, 3.05) is 32.2 Å². The highest BCUT2D eigenvalue weighted by atomic mass is 32.2. The van der Waals surface area contributed by atoms with Gasteiger partial charge < -0.3 is 25.4 Å². The van der Waals surface area contributed by atoms with Gasteiger partial charge in [0.1, 0.15) is 41.8 Å². The highest BCUT2D eigenvalue weighted by Gasteiger charge is 2.44. The van der Waals surface area contributed by atoms with Gasteiger partial charge in [-0.15, -0.1) is 4.91 Å². The van der Waals surface area contributed by atoms with E-state index in [2.05, 4.69) is 93.3 Å². The Morgan fingerprint density at radius 3 is 1.78 bits per heavy atom. The molecule has 0 saturated carbocycles. The summed E-state index contributed by atoms with van der Waals surface area (Å²) in [5, 5.41) is 11.3. The molecule has 3 N–H and O–H groups in total. The molecule has 2 unspecified atom stereocenters. The molecule has 12 nitrogen and oxygen atoms in total. The third kappa shape index (κ3) is 12.1. The van der Waals surface area contributed by atoms with Gasteiger partial charge in [-0.3, -0.25) is 19.2 Å². The lowest BCUT2D eigenvalue weighted by molar-refractivity contribution is -0.145. The first kappa shape index (κ1) is 39.8. The third-order valence-electron chi connectivity index (χ3n) is 7.88. The Morgan fingerprint density at radius 1 is 0.760 bits per heavy atom. The SMILES string of the molecule is CCOC(=O)CNC(=O)C(CSN=O)NC(=O)CCC(NC(=O)CCCC[P+](c1ccccc1)(c1ccccc1)c1ccccc1)C(=O)OC. The molecule has 0 aliphatic heterocycles. The summed E-state index contributed by atoms with van der Waals surface area (Å²) < 4.78 is 12.3. The van der Waals surface area contributed by atoms with E-state index in [1.165, 1.54) is 23.0 Å². The van der Waals surface area contributed by atoms with E-state index in [9.17, 15) is 28.9 Å². The summed E-state index contributed by atoms with van der Waals surface area (Å²) in [6.45, 7) is 1.34. The van der Waals surface area contributed by atoms with Crippen molar-refractivity contribution in [1.82, 2.24) is 16.0 Å². The average Bonchev–Trinajstić information content (AvgIpc) is 3.15. The molecule has 3 rings (SSSR count). The number of benzene rings is 3.